The lowest BCUT2D eigenvalue weighted by Crippen LogP contribution is -2.17. The van der Waals surface area contributed by atoms with Gasteiger partial charge in [0.25, 0.3) is 0 Å². The zero-order valence-electron chi connectivity index (χ0n) is 7.22. The minimum atomic E-state index is -0.0541. The molecule has 0 fully saturated rings. The molecule has 0 rings (SSSR count). The third kappa shape index (κ3) is 5.73. The van der Waals surface area contributed by atoms with Crippen LogP contribution in [0.2, 0.25) is 0 Å². The molecule has 11 heavy (non-hydrogen) atoms. The van der Waals surface area contributed by atoms with Crippen LogP contribution in [0.4, 0.5) is 0 Å². The molecule has 0 spiro atoms. The van der Waals surface area contributed by atoms with E-state index >= 15 is 0 Å². The third-order valence-electron chi connectivity index (χ3n) is 1.19. The van der Waals surface area contributed by atoms with Crippen LogP contribution >= 0.6 is 0 Å². The van der Waals surface area contributed by atoms with E-state index in [0.717, 1.165) is 0 Å². The maximum absolute atomic E-state index is 10.9. The van der Waals surface area contributed by atoms with Crippen molar-refractivity contribution < 1.29 is 14.3 Å². The molecule has 0 aliphatic heterocycles. The van der Waals surface area contributed by atoms with Gasteiger partial charge in [-0.3, -0.25) is 9.59 Å². The van der Waals surface area contributed by atoms with Gasteiger partial charge in [-0.1, -0.05) is 13.8 Å². The number of carbonyl (C=O) groups excluding carboxylic acids is 2. The van der Waals surface area contributed by atoms with Crippen LogP contribution in [0.1, 0.15) is 20.8 Å². The molecule has 0 unspecified atom stereocenters. The van der Waals surface area contributed by atoms with Crippen molar-refractivity contribution in [2.75, 3.05) is 13.2 Å². The lowest BCUT2D eigenvalue weighted by molar-refractivity contribution is -0.129. The minimum absolute atomic E-state index is 0.0121. The average Bonchev–Trinajstić information content (AvgIpc) is 1.86. The molecule has 0 N–H and O–H groups in total. The predicted molar refractivity (Wildman–Crippen MR) is 41.3 cm³/mol. The molecular weight excluding hydrogens is 144 g/mol. The van der Waals surface area contributed by atoms with Crippen LogP contribution in [0.3, 0.4) is 0 Å². The zero-order valence-corrected chi connectivity index (χ0v) is 7.22. The van der Waals surface area contributed by atoms with Gasteiger partial charge in [0, 0.05) is 5.92 Å². The van der Waals surface area contributed by atoms with Crippen molar-refractivity contribution in [1.29, 1.82) is 0 Å². The highest BCUT2D eigenvalue weighted by Gasteiger charge is 2.06. The summed E-state index contributed by atoms with van der Waals surface area (Å²) in [5.41, 5.74) is 0. The second kappa shape index (κ2) is 5.02. The van der Waals surface area contributed by atoms with E-state index in [9.17, 15) is 9.59 Å². The molecule has 0 bridgehead atoms. The maximum atomic E-state index is 10.9. The molecule has 64 valence electrons. The van der Waals surface area contributed by atoms with Crippen molar-refractivity contribution in [3.8, 4) is 0 Å². The fourth-order valence-electron chi connectivity index (χ4n) is 0.462. The van der Waals surface area contributed by atoms with E-state index < -0.39 is 0 Å². The molecule has 0 aliphatic rings. The molecular formula is C8H14O3. The molecule has 0 aromatic heterocycles. The van der Waals surface area contributed by atoms with E-state index in [-0.39, 0.29) is 30.7 Å². The first-order valence-electron chi connectivity index (χ1n) is 3.64. The van der Waals surface area contributed by atoms with Gasteiger partial charge in [0.05, 0.1) is 0 Å². The highest BCUT2D eigenvalue weighted by atomic mass is 16.5. The lowest BCUT2D eigenvalue weighted by atomic mass is 10.1. The number of hydrogen-bond donors (Lipinski definition) is 0. The summed E-state index contributed by atoms with van der Waals surface area (Å²) in [6.45, 7) is 5.13. The fraction of sp³-hybridized carbons (Fsp3) is 0.750. The van der Waals surface area contributed by atoms with Crippen LogP contribution in [0, 0.1) is 5.92 Å². The third-order valence-corrected chi connectivity index (χ3v) is 1.19. The Morgan fingerprint density at radius 3 is 2.18 bits per heavy atom. The Labute approximate surface area is 66.7 Å². The Morgan fingerprint density at radius 2 is 1.82 bits per heavy atom. The molecule has 0 aliphatic carbocycles. The van der Waals surface area contributed by atoms with Crippen molar-refractivity contribution >= 4 is 11.6 Å². The summed E-state index contributed by atoms with van der Waals surface area (Å²) in [4.78, 5) is 21.2. The van der Waals surface area contributed by atoms with Gasteiger partial charge in [-0.2, -0.15) is 0 Å². The van der Waals surface area contributed by atoms with Crippen molar-refractivity contribution in [2.45, 2.75) is 20.8 Å². The summed E-state index contributed by atoms with van der Waals surface area (Å²) in [7, 11) is 0. The second-order valence-corrected chi connectivity index (χ2v) is 2.82. The number of ether oxygens (including phenoxy) is 1. The van der Waals surface area contributed by atoms with Crippen LogP contribution in [-0.4, -0.2) is 24.8 Å². The van der Waals surface area contributed by atoms with E-state index in [1.807, 2.05) is 0 Å². The van der Waals surface area contributed by atoms with E-state index in [1.165, 1.54) is 6.92 Å². The molecule has 0 heterocycles. The van der Waals surface area contributed by atoms with E-state index in [4.69, 9.17) is 4.74 Å². The van der Waals surface area contributed by atoms with Crippen LogP contribution in [0.15, 0.2) is 0 Å². The van der Waals surface area contributed by atoms with E-state index in [2.05, 4.69) is 0 Å². The van der Waals surface area contributed by atoms with Crippen molar-refractivity contribution in [3.63, 3.8) is 0 Å². The normalized spacial score (nSPS) is 10.2. The molecule has 3 heteroatoms. The smallest absolute Gasteiger partial charge is 0.160 e. The van der Waals surface area contributed by atoms with Crippen LogP contribution in [0.5, 0.6) is 0 Å². The zero-order chi connectivity index (χ0) is 8.85. The van der Waals surface area contributed by atoms with E-state index in [1.54, 1.807) is 13.8 Å². The summed E-state index contributed by atoms with van der Waals surface area (Å²) in [6.07, 6.45) is 0. The number of carbonyl (C=O) groups is 2. The number of hydrogen-bond acceptors (Lipinski definition) is 3. The van der Waals surface area contributed by atoms with Gasteiger partial charge in [0.1, 0.15) is 13.2 Å². The number of rotatable bonds is 5. The van der Waals surface area contributed by atoms with Crippen molar-refractivity contribution in [3.05, 3.63) is 0 Å². The molecule has 0 saturated heterocycles. The largest absolute Gasteiger partial charge is 0.366 e. The highest BCUT2D eigenvalue weighted by Crippen LogP contribution is 1.94. The molecule has 0 aromatic rings. The van der Waals surface area contributed by atoms with Crippen molar-refractivity contribution in [1.82, 2.24) is 0 Å². The SMILES string of the molecule is CC(=O)COCC(=O)C(C)C. The molecule has 0 aromatic carbocycles. The monoisotopic (exact) mass is 158 g/mol. The topological polar surface area (TPSA) is 43.4 Å². The number of Topliss-reactive ketones (excluding diaryl/α,β-unsaturated/α-hetero) is 2. The first-order valence-corrected chi connectivity index (χ1v) is 3.64. The highest BCUT2D eigenvalue weighted by molar-refractivity contribution is 5.82. The summed E-state index contributed by atoms with van der Waals surface area (Å²) in [5, 5.41) is 0. The second-order valence-electron chi connectivity index (χ2n) is 2.82. The molecule has 0 saturated carbocycles. The van der Waals surface area contributed by atoms with Gasteiger partial charge in [-0.25, -0.2) is 0 Å². The van der Waals surface area contributed by atoms with Gasteiger partial charge < -0.3 is 4.74 Å². The fourth-order valence-corrected chi connectivity index (χ4v) is 0.462. The summed E-state index contributed by atoms with van der Waals surface area (Å²) < 4.78 is 4.82. The average molecular weight is 158 g/mol. The number of ketones is 2. The standard InChI is InChI=1S/C8H14O3/c1-6(2)8(10)5-11-4-7(3)9/h6H,4-5H2,1-3H3. The molecule has 0 radical (unpaired) electrons. The molecule has 3 nitrogen and oxygen atoms in total. The Kier molecular flexibility index (Phi) is 4.70. The summed E-state index contributed by atoms with van der Waals surface area (Å²) in [6, 6.07) is 0. The van der Waals surface area contributed by atoms with Gasteiger partial charge >= 0.3 is 0 Å². The lowest BCUT2D eigenvalue weighted by Gasteiger charge is -2.03. The van der Waals surface area contributed by atoms with Gasteiger partial charge in [0.2, 0.25) is 0 Å². The Hall–Kier alpha value is -0.700. The Balaban J connectivity index is 3.39. The Morgan fingerprint density at radius 1 is 1.27 bits per heavy atom. The Bertz CT molecular complexity index is 149. The van der Waals surface area contributed by atoms with E-state index in [0.29, 0.717) is 0 Å². The first-order chi connectivity index (χ1) is 5.04. The van der Waals surface area contributed by atoms with Crippen LogP contribution < -0.4 is 0 Å². The van der Waals surface area contributed by atoms with Crippen LogP contribution in [-0.2, 0) is 14.3 Å². The summed E-state index contributed by atoms with van der Waals surface area (Å²) >= 11 is 0. The summed E-state index contributed by atoms with van der Waals surface area (Å²) in [5.74, 6) is -0.0326. The van der Waals surface area contributed by atoms with Gasteiger partial charge in [-0.05, 0) is 6.92 Å². The van der Waals surface area contributed by atoms with Crippen LogP contribution in [0.25, 0.3) is 0 Å². The maximum Gasteiger partial charge on any atom is 0.160 e. The predicted octanol–water partition coefficient (Wildman–Crippen LogP) is 0.817. The van der Waals surface area contributed by atoms with Gasteiger partial charge in [-0.15, -0.1) is 0 Å². The first kappa shape index (κ1) is 10.3. The van der Waals surface area contributed by atoms with Crippen molar-refractivity contribution in [2.24, 2.45) is 5.92 Å². The quantitative estimate of drug-likeness (QED) is 0.595. The molecule has 0 atom stereocenters. The van der Waals surface area contributed by atoms with Gasteiger partial charge in [0.15, 0.2) is 11.6 Å². The minimum Gasteiger partial charge on any atom is -0.366 e. The molecule has 0 amide bonds.